The second-order valence-corrected chi connectivity index (χ2v) is 5.59. The van der Waals surface area contributed by atoms with Crippen molar-refractivity contribution in [3.63, 3.8) is 0 Å². The van der Waals surface area contributed by atoms with Crippen molar-refractivity contribution < 1.29 is 4.39 Å². The van der Waals surface area contributed by atoms with E-state index in [1.807, 2.05) is 19.2 Å². The van der Waals surface area contributed by atoms with E-state index >= 15 is 0 Å². The van der Waals surface area contributed by atoms with Crippen molar-refractivity contribution in [2.75, 3.05) is 18.5 Å². The summed E-state index contributed by atoms with van der Waals surface area (Å²) in [6.45, 7) is 6.02. The fourth-order valence-corrected chi connectivity index (χ4v) is 2.32. The van der Waals surface area contributed by atoms with Gasteiger partial charge in [0.25, 0.3) is 0 Å². The Kier molecular flexibility index (Phi) is 4.23. The molecule has 1 fully saturated rings. The number of rotatable bonds is 6. The first-order valence-electron chi connectivity index (χ1n) is 6.81. The van der Waals surface area contributed by atoms with Gasteiger partial charge in [0.05, 0.1) is 5.69 Å². The van der Waals surface area contributed by atoms with Gasteiger partial charge < -0.3 is 10.2 Å². The highest BCUT2D eigenvalue weighted by molar-refractivity contribution is 5.51. The molecule has 3 heteroatoms. The van der Waals surface area contributed by atoms with Crippen LogP contribution < -0.4 is 10.2 Å². The van der Waals surface area contributed by atoms with Crippen LogP contribution in [0.2, 0.25) is 0 Å². The maximum Gasteiger partial charge on any atom is 0.146 e. The van der Waals surface area contributed by atoms with Crippen LogP contribution in [0.15, 0.2) is 18.2 Å². The van der Waals surface area contributed by atoms with E-state index < -0.39 is 0 Å². The van der Waals surface area contributed by atoms with E-state index in [0.717, 1.165) is 17.8 Å². The van der Waals surface area contributed by atoms with Crippen LogP contribution >= 0.6 is 0 Å². The summed E-state index contributed by atoms with van der Waals surface area (Å²) < 4.78 is 14.2. The Balaban J connectivity index is 2.19. The smallest absolute Gasteiger partial charge is 0.146 e. The molecular formula is C15H23FN2. The number of hydrogen-bond acceptors (Lipinski definition) is 2. The molecule has 0 saturated heterocycles. The zero-order valence-corrected chi connectivity index (χ0v) is 11.5. The van der Waals surface area contributed by atoms with Gasteiger partial charge in [0, 0.05) is 19.1 Å². The summed E-state index contributed by atoms with van der Waals surface area (Å²) in [5.74, 6) is 0.470. The van der Waals surface area contributed by atoms with Crippen LogP contribution in [-0.2, 0) is 6.54 Å². The van der Waals surface area contributed by atoms with Gasteiger partial charge in [-0.15, -0.1) is 0 Å². The minimum Gasteiger partial charge on any atom is -0.366 e. The van der Waals surface area contributed by atoms with Gasteiger partial charge in [0.2, 0.25) is 0 Å². The highest BCUT2D eigenvalue weighted by Crippen LogP contribution is 2.34. The lowest BCUT2D eigenvalue weighted by molar-refractivity contribution is 0.576. The van der Waals surface area contributed by atoms with Crippen LogP contribution in [0, 0.1) is 11.7 Å². The fourth-order valence-electron chi connectivity index (χ4n) is 2.32. The Morgan fingerprint density at radius 3 is 2.61 bits per heavy atom. The van der Waals surface area contributed by atoms with Gasteiger partial charge >= 0.3 is 0 Å². The number of nitrogens with zero attached hydrogens (tertiary/aromatic N) is 1. The summed E-state index contributed by atoms with van der Waals surface area (Å²) in [5.41, 5.74) is 1.77. The normalized spacial score (nSPS) is 15.2. The molecular weight excluding hydrogens is 227 g/mol. The topological polar surface area (TPSA) is 15.3 Å². The molecule has 1 aromatic carbocycles. The van der Waals surface area contributed by atoms with Crippen molar-refractivity contribution in [1.82, 2.24) is 5.32 Å². The van der Waals surface area contributed by atoms with Gasteiger partial charge in [0.1, 0.15) is 5.82 Å². The van der Waals surface area contributed by atoms with Gasteiger partial charge in [-0.2, -0.15) is 0 Å². The molecule has 0 amide bonds. The standard InChI is InChI=1S/C15H23FN2/c1-11(2)10-18(13-5-6-13)15-7-4-12(9-17-3)8-14(15)16/h4,7-8,11,13,17H,5-6,9-10H2,1-3H3. The summed E-state index contributed by atoms with van der Waals surface area (Å²) in [4.78, 5) is 2.24. The van der Waals surface area contributed by atoms with Gasteiger partial charge in [-0.1, -0.05) is 19.9 Å². The zero-order valence-electron chi connectivity index (χ0n) is 11.5. The van der Waals surface area contributed by atoms with E-state index in [9.17, 15) is 4.39 Å². The first kappa shape index (κ1) is 13.3. The molecule has 0 aliphatic heterocycles. The first-order valence-corrected chi connectivity index (χ1v) is 6.81. The molecule has 0 heterocycles. The maximum atomic E-state index is 14.2. The minimum atomic E-state index is -0.0877. The van der Waals surface area contributed by atoms with E-state index in [-0.39, 0.29) is 5.82 Å². The monoisotopic (exact) mass is 250 g/mol. The average Bonchev–Trinajstić information content (AvgIpc) is 3.10. The summed E-state index contributed by atoms with van der Waals surface area (Å²) in [5, 5.41) is 3.05. The van der Waals surface area contributed by atoms with Crippen molar-refractivity contribution in [3.8, 4) is 0 Å². The predicted octanol–water partition coefficient (Wildman–Crippen LogP) is 3.17. The minimum absolute atomic E-state index is 0.0877. The molecule has 1 saturated carbocycles. The van der Waals surface area contributed by atoms with Crippen molar-refractivity contribution in [2.24, 2.45) is 5.92 Å². The highest BCUT2D eigenvalue weighted by Gasteiger charge is 2.30. The second-order valence-electron chi connectivity index (χ2n) is 5.59. The molecule has 0 spiro atoms. The maximum absolute atomic E-state index is 14.2. The molecule has 1 aliphatic rings. The molecule has 100 valence electrons. The number of hydrogen-bond donors (Lipinski definition) is 1. The molecule has 1 aromatic rings. The average molecular weight is 250 g/mol. The summed E-state index contributed by atoms with van der Waals surface area (Å²) >= 11 is 0. The third-order valence-corrected chi connectivity index (χ3v) is 3.25. The SMILES string of the molecule is CNCc1ccc(N(CC(C)C)C2CC2)c(F)c1. The molecule has 0 unspecified atom stereocenters. The van der Waals surface area contributed by atoms with E-state index in [2.05, 4.69) is 24.1 Å². The molecule has 2 nitrogen and oxygen atoms in total. The molecule has 0 radical (unpaired) electrons. The van der Waals surface area contributed by atoms with E-state index in [4.69, 9.17) is 0 Å². The Labute approximate surface area is 109 Å². The van der Waals surface area contributed by atoms with Crippen molar-refractivity contribution in [3.05, 3.63) is 29.6 Å². The van der Waals surface area contributed by atoms with Gasteiger partial charge in [-0.05, 0) is 43.5 Å². The highest BCUT2D eigenvalue weighted by atomic mass is 19.1. The van der Waals surface area contributed by atoms with Gasteiger partial charge in [-0.25, -0.2) is 4.39 Å². The van der Waals surface area contributed by atoms with Crippen LogP contribution in [0.25, 0.3) is 0 Å². The molecule has 1 N–H and O–H groups in total. The van der Waals surface area contributed by atoms with Crippen molar-refractivity contribution in [1.29, 1.82) is 0 Å². The Morgan fingerprint density at radius 2 is 2.11 bits per heavy atom. The predicted molar refractivity (Wildman–Crippen MR) is 74.4 cm³/mol. The van der Waals surface area contributed by atoms with E-state index in [1.54, 1.807) is 6.07 Å². The van der Waals surface area contributed by atoms with Crippen LogP contribution in [0.3, 0.4) is 0 Å². The fraction of sp³-hybridized carbons (Fsp3) is 0.600. The molecule has 18 heavy (non-hydrogen) atoms. The Bertz CT molecular complexity index is 399. The lowest BCUT2D eigenvalue weighted by Gasteiger charge is -2.27. The largest absolute Gasteiger partial charge is 0.366 e. The quantitative estimate of drug-likeness (QED) is 0.834. The van der Waals surface area contributed by atoms with Crippen LogP contribution in [0.5, 0.6) is 0 Å². The molecule has 1 aliphatic carbocycles. The summed E-state index contributed by atoms with van der Waals surface area (Å²) in [6, 6.07) is 6.16. The number of nitrogens with one attached hydrogen (secondary N) is 1. The third kappa shape index (κ3) is 3.22. The lowest BCUT2D eigenvalue weighted by Crippen LogP contribution is -2.30. The Hall–Kier alpha value is -1.09. The number of benzene rings is 1. The van der Waals surface area contributed by atoms with E-state index in [0.29, 0.717) is 18.5 Å². The van der Waals surface area contributed by atoms with Crippen molar-refractivity contribution in [2.45, 2.75) is 39.3 Å². The molecule has 0 atom stereocenters. The lowest BCUT2D eigenvalue weighted by atomic mass is 10.1. The third-order valence-electron chi connectivity index (χ3n) is 3.25. The van der Waals surface area contributed by atoms with Crippen LogP contribution in [0.1, 0.15) is 32.3 Å². The molecule has 2 rings (SSSR count). The summed E-state index contributed by atoms with van der Waals surface area (Å²) in [6.07, 6.45) is 2.40. The summed E-state index contributed by atoms with van der Waals surface area (Å²) in [7, 11) is 1.88. The first-order chi connectivity index (χ1) is 8.61. The number of halogens is 1. The molecule has 0 aromatic heterocycles. The molecule has 0 bridgehead atoms. The van der Waals surface area contributed by atoms with Crippen LogP contribution in [-0.4, -0.2) is 19.6 Å². The zero-order chi connectivity index (χ0) is 13.1. The van der Waals surface area contributed by atoms with E-state index in [1.165, 1.54) is 12.8 Å². The van der Waals surface area contributed by atoms with Crippen LogP contribution in [0.4, 0.5) is 10.1 Å². The Morgan fingerprint density at radius 1 is 1.39 bits per heavy atom. The second kappa shape index (κ2) is 5.70. The van der Waals surface area contributed by atoms with Gasteiger partial charge in [0.15, 0.2) is 0 Å². The van der Waals surface area contributed by atoms with Crippen molar-refractivity contribution >= 4 is 5.69 Å². The van der Waals surface area contributed by atoms with Gasteiger partial charge in [-0.3, -0.25) is 0 Å². The number of anilines is 1.